The third-order valence-corrected chi connectivity index (χ3v) is 4.69. The number of aliphatic hydroxyl groups excluding tert-OH is 1. The molecule has 2 atom stereocenters. The van der Waals surface area contributed by atoms with Crippen LogP contribution in [0.15, 0.2) is 36.5 Å². The summed E-state index contributed by atoms with van der Waals surface area (Å²) in [5.74, 6) is 0.768. The molecule has 2 unspecified atom stereocenters. The van der Waals surface area contributed by atoms with Crippen molar-refractivity contribution in [1.29, 1.82) is 0 Å². The number of nitrogens with one attached hydrogen (secondary N) is 2. The summed E-state index contributed by atoms with van der Waals surface area (Å²) in [7, 11) is 0. The maximum Gasteiger partial charge on any atom is 0.320 e. The van der Waals surface area contributed by atoms with E-state index in [9.17, 15) is 9.90 Å². The molecule has 1 saturated carbocycles. The Kier molecular flexibility index (Phi) is 5.15. The monoisotopic (exact) mass is 328 g/mol. The second-order valence-electron chi connectivity index (χ2n) is 6.35. The van der Waals surface area contributed by atoms with Crippen LogP contribution in [0.1, 0.15) is 31.2 Å². The number of carbonyl (C=O) groups excluding carboxylic acids is 1. The van der Waals surface area contributed by atoms with Crippen molar-refractivity contribution in [3.8, 4) is 5.69 Å². The molecule has 1 heterocycles. The van der Waals surface area contributed by atoms with Crippen LogP contribution >= 0.6 is 0 Å². The third-order valence-electron chi connectivity index (χ3n) is 4.69. The van der Waals surface area contributed by atoms with Crippen LogP contribution in [0.25, 0.3) is 5.69 Å². The number of benzene rings is 1. The molecule has 1 fully saturated rings. The van der Waals surface area contributed by atoms with Gasteiger partial charge in [-0.05, 0) is 31.4 Å². The van der Waals surface area contributed by atoms with Gasteiger partial charge in [-0.1, -0.05) is 31.0 Å². The van der Waals surface area contributed by atoms with Gasteiger partial charge in [0.15, 0.2) is 0 Å². The van der Waals surface area contributed by atoms with Crippen molar-refractivity contribution in [2.24, 2.45) is 5.92 Å². The van der Waals surface area contributed by atoms with Crippen molar-refractivity contribution in [2.45, 2.75) is 38.6 Å². The maximum atomic E-state index is 12.4. The van der Waals surface area contributed by atoms with E-state index in [1.165, 1.54) is 0 Å². The Labute approximate surface area is 141 Å². The predicted molar refractivity (Wildman–Crippen MR) is 93.3 cm³/mol. The van der Waals surface area contributed by atoms with Crippen LogP contribution in [-0.4, -0.2) is 33.6 Å². The molecule has 1 aliphatic carbocycles. The zero-order valence-corrected chi connectivity index (χ0v) is 13.9. The first-order chi connectivity index (χ1) is 11.7. The van der Waals surface area contributed by atoms with E-state index in [1.54, 1.807) is 16.9 Å². The number of aryl methyl sites for hydroxylation is 1. The zero-order valence-electron chi connectivity index (χ0n) is 13.9. The minimum Gasteiger partial charge on any atom is -0.396 e. The topological polar surface area (TPSA) is 79.2 Å². The fourth-order valence-corrected chi connectivity index (χ4v) is 3.33. The van der Waals surface area contributed by atoms with Gasteiger partial charge in [-0.25, -0.2) is 9.48 Å². The summed E-state index contributed by atoms with van der Waals surface area (Å²) < 4.78 is 1.72. The van der Waals surface area contributed by atoms with E-state index >= 15 is 0 Å². The standard InChI is InChI=1S/C18H24N4O2/c1-13-6-2-5-9-16(13)22-17(10-11-19-22)21-18(24)20-15-8-4-3-7-14(15)12-23/h2,5-6,9-11,14-15,23H,3-4,7-8,12H2,1H3,(H2,20,21,24). The van der Waals surface area contributed by atoms with Gasteiger partial charge in [0.2, 0.25) is 0 Å². The molecule has 0 radical (unpaired) electrons. The van der Waals surface area contributed by atoms with Crippen LogP contribution in [0.3, 0.4) is 0 Å². The van der Waals surface area contributed by atoms with Gasteiger partial charge in [-0.2, -0.15) is 5.10 Å². The molecule has 128 valence electrons. The van der Waals surface area contributed by atoms with Gasteiger partial charge in [0.05, 0.1) is 11.9 Å². The Hall–Kier alpha value is -2.34. The molecule has 0 spiro atoms. The van der Waals surface area contributed by atoms with E-state index in [1.807, 2.05) is 31.2 Å². The molecule has 1 aliphatic rings. The van der Waals surface area contributed by atoms with Gasteiger partial charge >= 0.3 is 6.03 Å². The largest absolute Gasteiger partial charge is 0.396 e. The number of hydrogen-bond donors (Lipinski definition) is 3. The van der Waals surface area contributed by atoms with Gasteiger partial charge in [0.1, 0.15) is 5.82 Å². The van der Waals surface area contributed by atoms with Crippen molar-refractivity contribution < 1.29 is 9.90 Å². The number of aromatic nitrogens is 2. The molecule has 1 aromatic heterocycles. The Morgan fingerprint density at radius 1 is 1.29 bits per heavy atom. The normalized spacial score (nSPS) is 20.6. The Morgan fingerprint density at radius 2 is 2.08 bits per heavy atom. The average molecular weight is 328 g/mol. The molecule has 3 rings (SSSR count). The van der Waals surface area contributed by atoms with E-state index < -0.39 is 0 Å². The molecule has 0 saturated heterocycles. The quantitative estimate of drug-likeness (QED) is 0.807. The summed E-state index contributed by atoms with van der Waals surface area (Å²) in [6.07, 6.45) is 5.74. The molecule has 24 heavy (non-hydrogen) atoms. The first-order valence-electron chi connectivity index (χ1n) is 8.47. The summed E-state index contributed by atoms with van der Waals surface area (Å²) in [5, 5.41) is 19.7. The van der Waals surface area contributed by atoms with Gasteiger partial charge < -0.3 is 10.4 Å². The summed E-state index contributed by atoms with van der Waals surface area (Å²) in [6, 6.07) is 9.44. The van der Waals surface area contributed by atoms with Crippen LogP contribution in [-0.2, 0) is 0 Å². The van der Waals surface area contributed by atoms with Crippen molar-refractivity contribution >= 4 is 11.8 Å². The van der Waals surface area contributed by atoms with Crippen molar-refractivity contribution in [2.75, 3.05) is 11.9 Å². The number of carbonyl (C=O) groups is 1. The summed E-state index contributed by atoms with van der Waals surface area (Å²) in [4.78, 5) is 12.4. The lowest BCUT2D eigenvalue weighted by Crippen LogP contribution is -2.45. The van der Waals surface area contributed by atoms with E-state index in [-0.39, 0.29) is 24.6 Å². The molecule has 6 heteroatoms. The lowest BCUT2D eigenvalue weighted by atomic mass is 9.85. The van der Waals surface area contributed by atoms with Crippen molar-refractivity contribution in [3.63, 3.8) is 0 Å². The highest BCUT2D eigenvalue weighted by atomic mass is 16.3. The van der Waals surface area contributed by atoms with E-state index in [2.05, 4.69) is 15.7 Å². The number of para-hydroxylation sites is 1. The predicted octanol–water partition coefficient (Wildman–Crippen LogP) is 2.85. The fourth-order valence-electron chi connectivity index (χ4n) is 3.33. The lowest BCUT2D eigenvalue weighted by Gasteiger charge is -2.30. The number of aliphatic hydroxyl groups is 1. The molecule has 2 amide bonds. The van der Waals surface area contributed by atoms with Crippen LogP contribution in [0.2, 0.25) is 0 Å². The number of nitrogens with zero attached hydrogens (tertiary/aromatic N) is 2. The van der Waals surface area contributed by atoms with Gasteiger partial charge in [0, 0.05) is 24.6 Å². The van der Waals surface area contributed by atoms with E-state index in [4.69, 9.17) is 0 Å². The second-order valence-corrected chi connectivity index (χ2v) is 6.35. The lowest BCUT2D eigenvalue weighted by molar-refractivity contribution is 0.156. The first-order valence-corrected chi connectivity index (χ1v) is 8.47. The van der Waals surface area contributed by atoms with Crippen LogP contribution < -0.4 is 10.6 Å². The van der Waals surface area contributed by atoms with Gasteiger partial charge in [-0.15, -0.1) is 0 Å². The highest BCUT2D eigenvalue weighted by Gasteiger charge is 2.26. The molecule has 0 aliphatic heterocycles. The molecule has 6 nitrogen and oxygen atoms in total. The average Bonchev–Trinajstić information content (AvgIpc) is 3.03. The molecule has 2 aromatic rings. The van der Waals surface area contributed by atoms with Crippen molar-refractivity contribution in [1.82, 2.24) is 15.1 Å². The second kappa shape index (κ2) is 7.49. The van der Waals surface area contributed by atoms with E-state index in [0.29, 0.717) is 5.82 Å². The molecular formula is C18H24N4O2. The maximum absolute atomic E-state index is 12.4. The van der Waals surface area contributed by atoms with E-state index in [0.717, 1.165) is 36.9 Å². The molecule has 0 bridgehead atoms. The summed E-state index contributed by atoms with van der Waals surface area (Å²) >= 11 is 0. The Balaban J connectivity index is 1.70. The Bertz CT molecular complexity index is 698. The SMILES string of the molecule is Cc1ccccc1-n1nccc1NC(=O)NC1CCCCC1CO. The first kappa shape index (κ1) is 16.5. The van der Waals surface area contributed by atoms with Crippen LogP contribution in [0.5, 0.6) is 0 Å². The molecule has 3 N–H and O–H groups in total. The van der Waals surface area contributed by atoms with Gasteiger partial charge in [-0.3, -0.25) is 5.32 Å². The highest BCUT2D eigenvalue weighted by Crippen LogP contribution is 2.24. The molecular weight excluding hydrogens is 304 g/mol. The van der Waals surface area contributed by atoms with Crippen LogP contribution in [0.4, 0.5) is 10.6 Å². The highest BCUT2D eigenvalue weighted by molar-refractivity contribution is 5.88. The van der Waals surface area contributed by atoms with Crippen LogP contribution in [0, 0.1) is 12.8 Å². The number of anilines is 1. The Morgan fingerprint density at radius 3 is 2.88 bits per heavy atom. The zero-order chi connectivity index (χ0) is 16.9. The number of hydrogen-bond acceptors (Lipinski definition) is 3. The minimum absolute atomic E-state index is 0.0265. The minimum atomic E-state index is -0.254. The number of rotatable bonds is 4. The fraction of sp³-hybridized carbons (Fsp3) is 0.444. The van der Waals surface area contributed by atoms with Gasteiger partial charge in [0.25, 0.3) is 0 Å². The number of urea groups is 1. The molecule has 1 aromatic carbocycles. The summed E-state index contributed by atoms with van der Waals surface area (Å²) in [6.45, 7) is 2.13. The van der Waals surface area contributed by atoms with Crippen molar-refractivity contribution in [3.05, 3.63) is 42.1 Å². The third kappa shape index (κ3) is 3.59. The smallest absolute Gasteiger partial charge is 0.320 e. The summed E-state index contributed by atoms with van der Waals surface area (Å²) in [5.41, 5.74) is 2.01. The number of amides is 2.